The number of anilines is 1. The molecule has 0 spiro atoms. The van der Waals surface area contributed by atoms with Crippen molar-refractivity contribution < 1.29 is 9.72 Å². The van der Waals surface area contributed by atoms with Crippen molar-refractivity contribution in [2.45, 2.75) is 18.9 Å². The second-order valence-corrected chi connectivity index (χ2v) is 4.43. The van der Waals surface area contributed by atoms with E-state index in [4.69, 9.17) is 11.6 Å². The van der Waals surface area contributed by atoms with Crippen molar-refractivity contribution in [3.8, 4) is 0 Å². The van der Waals surface area contributed by atoms with Gasteiger partial charge in [-0.1, -0.05) is 17.7 Å². The summed E-state index contributed by atoms with van der Waals surface area (Å²) in [5.74, 6) is -0.157. The number of halogens is 1. The summed E-state index contributed by atoms with van der Waals surface area (Å²) >= 11 is 5.94. The van der Waals surface area contributed by atoms with E-state index in [1.807, 2.05) is 0 Å². The Bertz CT molecular complexity index is 492. The number of amides is 1. The summed E-state index contributed by atoms with van der Waals surface area (Å²) in [6.07, 6.45) is 1.47. The van der Waals surface area contributed by atoms with E-state index in [9.17, 15) is 14.9 Å². The maximum Gasteiger partial charge on any atom is 0.293 e. The van der Waals surface area contributed by atoms with Gasteiger partial charge in [-0.25, -0.2) is 0 Å². The maximum atomic E-state index is 11.6. The summed E-state index contributed by atoms with van der Waals surface area (Å²) in [6.45, 7) is 0.641. The van der Waals surface area contributed by atoms with Crippen molar-refractivity contribution in [2.75, 3.05) is 11.9 Å². The second kappa shape index (κ2) is 5.22. The van der Waals surface area contributed by atoms with Crippen LogP contribution in [0.25, 0.3) is 0 Å². The molecule has 0 aliphatic carbocycles. The highest BCUT2D eigenvalue weighted by atomic mass is 35.5. The number of hydrogen-bond donors (Lipinski definition) is 2. The first-order valence-corrected chi connectivity index (χ1v) is 5.94. The van der Waals surface area contributed by atoms with Crippen LogP contribution in [0.4, 0.5) is 11.4 Å². The van der Waals surface area contributed by atoms with Gasteiger partial charge in [0.1, 0.15) is 11.7 Å². The number of hydrogen-bond acceptors (Lipinski definition) is 4. The summed E-state index contributed by atoms with van der Waals surface area (Å²) in [4.78, 5) is 22.0. The molecule has 2 rings (SSSR count). The predicted octanol–water partition coefficient (Wildman–Crippen LogP) is 1.94. The first-order chi connectivity index (χ1) is 8.59. The molecule has 1 aromatic carbocycles. The average Bonchev–Trinajstić information content (AvgIpc) is 2.34. The molecule has 1 amide bonds. The molecule has 2 N–H and O–H groups in total. The molecule has 1 atom stereocenters. The molecule has 0 aromatic heterocycles. The van der Waals surface area contributed by atoms with Crippen molar-refractivity contribution in [3.05, 3.63) is 33.3 Å². The fraction of sp³-hybridized carbons (Fsp3) is 0.364. The molecule has 1 heterocycles. The van der Waals surface area contributed by atoms with Crippen LogP contribution in [0.2, 0.25) is 5.02 Å². The van der Waals surface area contributed by atoms with E-state index in [1.165, 1.54) is 12.1 Å². The van der Waals surface area contributed by atoms with Gasteiger partial charge in [0.15, 0.2) is 0 Å². The largest absolute Gasteiger partial charge is 0.367 e. The van der Waals surface area contributed by atoms with Crippen LogP contribution in [0.15, 0.2) is 18.2 Å². The Morgan fingerprint density at radius 1 is 1.50 bits per heavy atom. The van der Waals surface area contributed by atoms with Crippen LogP contribution in [-0.4, -0.2) is 23.4 Å². The van der Waals surface area contributed by atoms with Crippen molar-refractivity contribution >= 4 is 28.9 Å². The van der Waals surface area contributed by atoms with Crippen molar-refractivity contribution in [1.29, 1.82) is 0 Å². The number of nitrogens with zero attached hydrogens (tertiary/aromatic N) is 1. The number of benzene rings is 1. The van der Waals surface area contributed by atoms with Gasteiger partial charge in [-0.2, -0.15) is 0 Å². The highest BCUT2D eigenvalue weighted by molar-refractivity contribution is 6.33. The molecule has 7 heteroatoms. The summed E-state index contributed by atoms with van der Waals surface area (Å²) in [7, 11) is 0. The number of carbonyl (C=O) groups excluding carboxylic acids is 1. The lowest BCUT2D eigenvalue weighted by Gasteiger charge is -2.23. The Morgan fingerprint density at radius 3 is 2.94 bits per heavy atom. The van der Waals surface area contributed by atoms with Gasteiger partial charge in [-0.05, 0) is 18.9 Å². The standard InChI is InChI=1S/C11H12ClN3O3/c12-7-3-1-5-9(15(17)18)10(7)14-8-4-2-6-13-11(8)16/h1,3,5,8,14H,2,4,6H2,(H,13,16). The van der Waals surface area contributed by atoms with Crippen LogP contribution >= 0.6 is 11.6 Å². The minimum absolute atomic E-state index is 0.124. The summed E-state index contributed by atoms with van der Waals surface area (Å²) in [5, 5.41) is 16.7. The van der Waals surface area contributed by atoms with Crippen molar-refractivity contribution in [3.63, 3.8) is 0 Å². The molecular weight excluding hydrogens is 258 g/mol. The average molecular weight is 270 g/mol. The van der Waals surface area contributed by atoms with Crippen LogP contribution in [-0.2, 0) is 4.79 Å². The molecule has 1 aliphatic rings. The number of nitrogens with one attached hydrogen (secondary N) is 2. The number of piperidine rings is 1. The molecule has 6 nitrogen and oxygen atoms in total. The van der Waals surface area contributed by atoms with E-state index in [-0.39, 0.29) is 22.3 Å². The van der Waals surface area contributed by atoms with E-state index in [2.05, 4.69) is 10.6 Å². The van der Waals surface area contributed by atoms with Crippen LogP contribution in [0.3, 0.4) is 0 Å². The minimum atomic E-state index is -0.519. The fourth-order valence-electron chi connectivity index (χ4n) is 1.89. The SMILES string of the molecule is O=C1NCCCC1Nc1c(Cl)cccc1[N+](=O)[O-]. The van der Waals surface area contributed by atoms with Gasteiger partial charge < -0.3 is 10.6 Å². The fourth-order valence-corrected chi connectivity index (χ4v) is 2.12. The predicted molar refractivity (Wildman–Crippen MR) is 67.8 cm³/mol. The second-order valence-electron chi connectivity index (χ2n) is 4.02. The van der Waals surface area contributed by atoms with Crippen LogP contribution in [0, 0.1) is 10.1 Å². The lowest BCUT2D eigenvalue weighted by molar-refractivity contribution is -0.384. The normalized spacial score (nSPS) is 19.2. The Morgan fingerprint density at radius 2 is 2.28 bits per heavy atom. The number of para-hydroxylation sites is 1. The van der Waals surface area contributed by atoms with Gasteiger partial charge in [0.25, 0.3) is 5.69 Å². The Hall–Kier alpha value is -1.82. The lowest BCUT2D eigenvalue weighted by atomic mass is 10.1. The van der Waals surface area contributed by atoms with Gasteiger partial charge in [-0.3, -0.25) is 14.9 Å². The van der Waals surface area contributed by atoms with Crippen LogP contribution in [0.5, 0.6) is 0 Å². The molecule has 1 saturated heterocycles. The molecule has 1 fully saturated rings. The molecule has 0 bridgehead atoms. The third kappa shape index (κ3) is 2.53. The molecule has 1 aromatic rings. The monoisotopic (exact) mass is 269 g/mol. The Balaban J connectivity index is 2.27. The zero-order valence-corrected chi connectivity index (χ0v) is 10.2. The molecular formula is C11H12ClN3O3. The van der Waals surface area contributed by atoms with Crippen molar-refractivity contribution in [1.82, 2.24) is 5.32 Å². The number of nitro benzene ring substituents is 1. The smallest absolute Gasteiger partial charge is 0.293 e. The maximum absolute atomic E-state index is 11.6. The molecule has 0 radical (unpaired) electrons. The third-order valence-electron chi connectivity index (χ3n) is 2.79. The van der Waals surface area contributed by atoms with Crippen molar-refractivity contribution in [2.24, 2.45) is 0 Å². The minimum Gasteiger partial charge on any atom is -0.367 e. The van der Waals surface area contributed by atoms with Gasteiger partial charge >= 0.3 is 0 Å². The zero-order valence-electron chi connectivity index (χ0n) is 9.48. The van der Waals surface area contributed by atoms with Gasteiger partial charge in [-0.15, -0.1) is 0 Å². The van der Waals surface area contributed by atoms with E-state index in [0.29, 0.717) is 13.0 Å². The quantitative estimate of drug-likeness (QED) is 0.649. The first-order valence-electron chi connectivity index (χ1n) is 5.57. The van der Waals surface area contributed by atoms with Gasteiger partial charge in [0.2, 0.25) is 5.91 Å². The number of nitro groups is 1. The highest BCUT2D eigenvalue weighted by Crippen LogP contribution is 2.32. The van der Waals surface area contributed by atoms with Crippen LogP contribution < -0.4 is 10.6 Å². The summed E-state index contributed by atoms with van der Waals surface area (Å²) < 4.78 is 0. The Labute approximate surface area is 108 Å². The molecule has 1 aliphatic heterocycles. The molecule has 96 valence electrons. The Kier molecular flexibility index (Phi) is 3.66. The highest BCUT2D eigenvalue weighted by Gasteiger charge is 2.26. The van der Waals surface area contributed by atoms with E-state index in [0.717, 1.165) is 6.42 Å². The van der Waals surface area contributed by atoms with E-state index in [1.54, 1.807) is 6.07 Å². The molecule has 1 unspecified atom stereocenters. The zero-order chi connectivity index (χ0) is 13.1. The van der Waals surface area contributed by atoms with E-state index >= 15 is 0 Å². The van der Waals surface area contributed by atoms with Crippen LogP contribution in [0.1, 0.15) is 12.8 Å². The number of rotatable bonds is 3. The van der Waals surface area contributed by atoms with Gasteiger partial charge in [0.05, 0.1) is 9.95 Å². The first kappa shape index (κ1) is 12.6. The molecule has 18 heavy (non-hydrogen) atoms. The summed E-state index contributed by atoms with van der Waals surface area (Å²) in [5.41, 5.74) is 0.0760. The summed E-state index contributed by atoms with van der Waals surface area (Å²) in [6, 6.07) is 3.94. The lowest BCUT2D eigenvalue weighted by Crippen LogP contribution is -2.44. The van der Waals surface area contributed by atoms with E-state index < -0.39 is 11.0 Å². The van der Waals surface area contributed by atoms with Gasteiger partial charge in [0, 0.05) is 12.6 Å². The third-order valence-corrected chi connectivity index (χ3v) is 3.11. The number of carbonyl (C=O) groups is 1. The topological polar surface area (TPSA) is 84.3 Å². The molecule has 0 saturated carbocycles.